The molecule has 1 heterocycles. The van der Waals surface area contributed by atoms with Crippen LogP contribution < -0.4 is 15.8 Å². The number of ether oxygens (including phenoxy) is 1. The van der Waals surface area contributed by atoms with Gasteiger partial charge in [0.25, 0.3) is 0 Å². The normalized spacial score (nSPS) is 10.0. The topological polar surface area (TPSA) is 90.1 Å². The van der Waals surface area contributed by atoms with Gasteiger partial charge in [0.1, 0.15) is 0 Å². The predicted molar refractivity (Wildman–Crippen MR) is 70.7 cm³/mol. The van der Waals surface area contributed by atoms with E-state index in [0.29, 0.717) is 23.7 Å². The van der Waals surface area contributed by atoms with Crippen LogP contribution in [0.3, 0.4) is 0 Å². The number of nitrogens with two attached hydrogens (primary N) is 1. The lowest BCUT2D eigenvalue weighted by molar-refractivity contribution is -0.114. The van der Waals surface area contributed by atoms with E-state index in [1.54, 1.807) is 36.5 Å². The largest absolute Gasteiger partial charge is 0.422 e. The third kappa shape index (κ3) is 3.49. The molecule has 6 nitrogen and oxygen atoms in total. The smallest absolute Gasteiger partial charge is 0.322 e. The number of hydrogen-bond donors (Lipinski definition) is 2. The summed E-state index contributed by atoms with van der Waals surface area (Å²) in [5, 5.41) is 2.68. The first-order valence-corrected chi connectivity index (χ1v) is 5.75. The summed E-state index contributed by atoms with van der Waals surface area (Å²) in [6.07, 6.45) is 1.57. The summed E-state index contributed by atoms with van der Waals surface area (Å²) in [7, 11) is 0. The molecule has 2 rings (SSSR count). The highest BCUT2D eigenvalue weighted by atomic mass is 16.5. The van der Waals surface area contributed by atoms with E-state index in [1.807, 2.05) is 0 Å². The monoisotopic (exact) mass is 258 g/mol. The highest BCUT2D eigenvalue weighted by Gasteiger charge is 2.07. The van der Waals surface area contributed by atoms with Gasteiger partial charge in [-0.15, -0.1) is 0 Å². The molecule has 0 unspecified atom stereocenters. The summed E-state index contributed by atoms with van der Waals surface area (Å²) in [6.45, 7) is 1.74. The Kier molecular flexibility index (Phi) is 4.04. The number of anilines is 1. The zero-order valence-electron chi connectivity index (χ0n) is 10.5. The van der Waals surface area contributed by atoms with Crippen LogP contribution in [0.1, 0.15) is 12.6 Å². The molecule has 1 amide bonds. The molecule has 0 radical (unpaired) electrons. The van der Waals surface area contributed by atoms with Crippen LogP contribution in [0.15, 0.2) is 36.5 Å². The van der Waals surface area contributed by atoms with Crippen molar-refractivity contribution in [3.05, 3.63) is 42.2 Å². The lowest BCUT2D eigenvalue weighted by Gasteiger charge is -2.10. The number of rotatable bonds is 4. The molecule has 0 saturated heterocycles. The maximum atomic E-state index is 11.1. The van der Waals surface area contributed by atoms with Crippen LogP contribution >= 0.6 is 0 Å². The van der Waals surface area contributed by atoms with Gasteiger partial charge in [-0.25, -0.2) is 4.98 Å². The standard InChI is InChI=1S/C13H14N4O2/c1-9(18)16-11-4-2-3-5-12(11)19-13-15-7-6-10(8-14)17-13/h2-7H,8,14H2,1H3,(H,16,18). The minimum atomic E-state index is -0.173. The molecule has 1 aromatic heterocycles. The van der Waals surface area contributed by atoms with E-state index in [9.17, 15) is 4.79 Å². The van der Waals surface area contributed by atoms with Crippen molar-refractivity contribution in [2.45, 2.75) is 13.5 Å². The van der Waals surface area contributed by atoms with Gasteiger partial charge in [0, 0.05) is 19.7 Å². The Labute approximate surface area is 110 Å². The number of nitrogens with one attached hydrogen (secondary N) is 1. The van der Waals surface area contributed by atoms with Crippen molar-refractivity contribution in [3.8, 4) is 11.8 Å². The second-order valence-corrected chi connectivity index (χ2v) is 3.81. The Hall–Kier alpha value is -2.47. The Morgan fingerprint density at radius 2 is 2.16 bits per heavy atom. The summed E-state index contributed by atoms with van der Waals surface area (Å²) in [5.41, 5.74) is 6.75. The number of carbonyl (C=O) groups is 1. The molecule has 3 N–H and O–H groups in total. The highest BCUT2D eigenvalue weighted by molar-refractivity contribution is 5.90. The van der Waals surface area contributed by atoms with Gasteiger partial charge in [-0.3, -0.25) is 4.79 Å². The average molecular weight is 258 g/mol. The Morgan fingerprint density at radius 3 is 2.89 bits per heavy atom. The van der Waals surface area contributed by atoms with E-state index >= 15 is 0 Å². The van der Waals surface area contributed by atoms with Crippen LogP contribution in [0.25, 0.3) is 0 Å². The number of carbonyl (C=O) groups excluding carboxylic acids is 1. The van der Waals surface area contributed by atoms with Crippen molar-refractivity contribution in [2.75, 3.05) is 5.32 Å². The third-order valence-electron chi connectivity index (χ3n) is 2.30. The van der Waals surface area contributed by atoms with E-state index in [1.165, 1.54) is 6.92 Å². The van der Waals surface area contributed by atoms with E-state index < -0.39 is 0 Å². The van der Waals surface area contributed by atoms with Gasteiger partial charge in [-0.05, 0) is 18.2 Å². The van der Waals surface area contributed by atoms with Crippen molar-refractivity contribution >= 4 is 11.6 Å². The van der Waals surface area contributed by atoms with Crippen LogP contribution in [0.4, 0.5) is 5.69 Å². The fourth-order valence-corrected chi connectivity index (χ4v) is 1.49. The maximum Gasteiger partial charge on any atom is 0.322 e. The molecule has 0 aliphatic carbocycles. The molecule has 0 aliphatic heterocycles. The van der Waals surface area contributed by atoms with Gasteiger partial charge in [-0.2, -0.15) is 4.98 Å². The molecule has 98 valence electrons. The van der Waals surface area contributed by atoms with Gasteiger partial charge in [0.2, 0.25) is 5.91 Å². The Morgan fingerprint density at radius 1 is 1.37 bits per heavy atom. The summed E-state index contributed by atoms with van der Waals surface area (Å²) in [6, 6.07) is 8.98. The SMILES string of the molecule is CC(=O)Nc1ccccc1Oc1nccc(CN)n1. The average Bonchev–Trinajstić information content (AvgIpc) is 2.41. The van der Waals surface area contributed by atoms with Crippen LogP contribution in [-0.4, -0.2) is 15.9 Å². The van der Waals surface area contributed by atoms with Crippen molar-refractivity contribution < 1.29 is 9.53 Å². The van der Waals surface area contributed by atoms with E-state index in [0.717, 1.165) is 0 Å². The fourth-order valence-electron chi connectivity index (χ4n) is 1.49. The number of aromatic nitrogens is 2. The van der Waals surface area contributed by atoms with Crippen LogP contribution in [-0.2, 0) is 11.3 Å². The minimum Gasteiger partial charge on any atom is -0.422 e. The molecular weight excluding hydrogens is 244 g/mol. The van der Waals surface area contributed by atoms with Crippen molar-refractivity contribution in [1.82, 2.24) is 9.97 Å². The fraction of sp³-hybridized carbons (Fsp3) is 0.154. The first-order chi connectivity index (χ1) is 9.19. The Balaban J connectivity index is 2.24. The molecule has 0 aliphatic rings. The van der Waals surface area contributed by atoms with Crippen molar-refractivity contribution in [2.24, 2.45) is 5.73 Å². The minimum absolute atomic E-state index is 0.173. The third-order valence-corrected chi connectivity index (χ3v) is 2.30. The van der Waals surface area contributed by atoms with Crippen molar-refractivity contribution in [1.29, 1.82) is 0 Å². The zero-order chi connectivity index (χ0) is 13.7. The number of hydrogen-bond acceptors (Lipinski definition) is 5. The predicted octanol–water partition coefficient (Wildman–Crippen LogP) is 1.69. The summed E-state index contributed by atoms with van der Waals surface area (Å²) < 4.78 is 5.56. The molecule has 19 heavy (non-hydrogen) atoms. The lowest BCUT2D eigenvalue weighted by Crippen LogP contribution is -2.07. The molecule has 2 aromatic rings. The molecular formula is C13H14N4O2. The molecule has 6 heteroatoms. The van der Waals surface area contributed by atoms with Crippen LogP contribution in [0, 0.1) is 0 Å². The van der Waals surface area contributed by atoms with Crippen LogP contribution in [0.5, 0.6) is 11.8 Å². The molecule has 0 saturated carbocycles. The van der Waals surface area contributed by atoms with Gasteiger partial charge in [-0.1, -0.05) is 12.1 Å². The second kappa shape index (κ2) is 5.92. The summed E-state index contributed by atoms with van der Waals surface area (Å²) in [5.74, 6) is 0.305. The van der Waals surface area contributed by atoms with Crippen molar-refractivity contribution in [3.63, 3.8) is 0 Å². The van der Waals surface area contributed by atoms with Gasteiger partial charge < -0.3 is 15.8 Å². The first-order valence-electron chi connectivity index (χ1n) is 5.75. The first kappa shape index (κ1) is 13.0. The Bertz CT molecular complexity index is 586. The van der Waals surface area contributed by atoms with E-state index in [-0.39, 0.29) is 11.9 Å². The van der Waals surface area contributed by atoms with Gasteiger partial charge in [0.05, 0.1) is 11.4 Å². The van der Waals surface area contributed by atoms with E-state index in [2.05, 4.69) is 15.3 Å². The molecule has 0 atom stereocenters. The van der Waals surface area contributed by atoms with Gasteiger partial charge in [0.15, 0.2) is 5.75 Å². The highest BCUT2D eigenvalue weighted by Crippen LogP contribution is 2.27. The number of benzene rings is 1. The lowest BCUT2D eigenvalue weighted by atomic mass is 10.3. The van der Waals surface area contributed by atoms with Gasteiger partial charge >= 0.3 is 6.01 Å². The summed E-state index contributed by atoms with van der Waals surface area (Å²) >= 11 is 0. The van der Waals surface area contributed by atoms with Crippen LogP contribution in [0.2, 0.25) is 0 Å². The number of para-hydroxylation sites is 2. The number of nitrogens with zero attached hydrogens (tertiary/aromatic N) is 2. The van der Waals surface area contributed by atoms with E-state index in [4.69, 9.17) is 10.5 Å². The molecule has 1 aromatic carbocycles. The quantitative estimate of drug-likeness (QED) is 0.870. The summed E-state index contributed by atoms with van der Waals surface area (Å²) in [4.78, 5) is 19.2. The zero-order valence-corrected chi connectivity index (χ0v) is 10.5. The number of amides is 1. The maximum absolute atomic E-state index is 11.1. The molecule has 0 bridgehead atoms. The molecule has 0 fully saturated rings. The molecule has 0 spiro atoms. The second-order valence-electron chi connectivity index (χ2n) is 3.81.